The molecule has 1 aliphatic carbocycles. The molecule has 1 saturated heterocycles. The molecule has 2 fully saturated rings. The summed E-state index contributed by atoms with van der Waals surface area (Å²) >= 11 is 0. The first-order valence-corrected chi connectivity index (χ1v) is 7.12. The van der Waals surface area contributed by atoms with Crippen molar-refractivity contribution in [2.24, 2.45) is 0 Å². The Hall–Kier alpha value is -0.865. The summed E-state index contributed by atoms with van der Waals surface area (Å²) in [5, 5.41) is 0. The molecule has 0 N–H and O–H groups in total. The van der Waals surface area contributed by atoms with Crippen molar-refractivity contribution in [2.45, 2.75) is 64.6 Å². The van der Waals surface area contributed by atoms with Crippen LogP contribution in [-0.2, 0) is 9.31 Å². The van der Waals surface area contributed by atoms with E-state index in [0.29, 0.717) is 0 Å². The molecule has 4 heteroatoms. The number of aromatic nitrogens is 1. The number of hydrogen-bond donors (Lipinski definition) is 0. The zero-order chi connectivity index (χ0) is 13.8. The number of nitrogens with zero attached hydrogens (tertiary/aromatic N) is 1. The summed E-state index contributed by atoms with van der Waals surface area (Å²) in [7, 11) is -0.344. The highest BCUT2D eigenvalue weighted by Crippen LogP contribution is 2.41. The van der Waals surface area contributed by atoms with Gasteiger partial charge in [-0.1, -0.05) is 0 Å². The second kappa shape index (κ2) is 4.06. The van der Waals surface area contributed by atoms with Gasteiger partial charge in [-0.25, -0.2) is 0 Å². The molecule has 2 heterocycles. The molecule has 1 aromatic rings. The molecule has 0 amide bonds. The van der Waals surface area contributed by atoms with Gasteiger partial charge in [-0.15, -0.1) is 0 Å². The fourth-order valence-corrected chi connectivity index (χ4v) is 2.48. The van der Waals surface area contributed by atoms with Gasteiger partial charge in [-0.3, -0.25) is 4.98 Å². The molecule has 3 rings (SSSR count). The summed E-state index contributed by atoms with van der Waals surface area (Å²) in [5.74, 6) is 0.726. The Kier molecular flexibility index (Phi) is 2.81. The number of rotatable bonds is 2. The molecule has 0 atom stereocenters. The van der Waals surface area contributed by atoms with Crippen molar-refractivity contribution in [2.75, 3.05) is 0 Å². The molecule has 0 bridgehead atoms. The molecule has 0 radical (unpaired) electrons. The van der Waals surface area contributed by atoms with Gasteiger partial charge in [0.05, 0.1) is 16.8 Å². The maximum absolute atomic E-state index is 6.06. The van der Waals surface area contributed by atoms with Crippen LogP contribution in [0.3, 0.4) is 0 Å². The number of aryl methyl sites for hydroxylation is 1. The van der Waals surface area contributed by atoms with E-state index in [4.69, 9.17) is 9.31 Å². The number of pyridine rings is 1. The summed E-state index contributed by atoms with van der Waals surface area (Å²) in [5.41, 5.74) is 3.00. The van der Waals surface area contributed by atoms with Crippen LogP contribution in [-0.4, -0.2) is 23.3 Å². The van der Waals surface area contributed by atoms with Crippen LogP contribution < -0.4 is 5.59 Å². The van der Waals surface area contributed by atoms with Crippen LogP contribution in [0.5, 0.6) is 0 Å². The van der Waals surface area contributed by atoms with Crippen molar-refractivity contribution in [1.29, 1.82) is 0 Å². The molecule has 1 saturated carbocycles. The minimum absolute atomic E-state index is 0.302. The zero-order valence-electron chi connectivity index (χ0n) is 12.5. The van der Waals surface area contributed by atoms with Gasteiger partial charge in [0.2, 0.25) is 0 Å². The normalized spacial score (nSPS) is 24.8. The fourth-order valence-electron chi connectivity index (χ4n) is 2.48. The fraction of sp³-hybridized carbons (Fsp3) is 0.667. The quantitative estimate of drug-likeness (QED) is 0.765. The van der Waals surface area contributed by atoms with E-state index in [1.165, 1.54) is 24.0 Å². The lowest BCUT2D eigenvalue weighted by atomic mass is 9.82. The average molecular weight is 259 g/mol. The molecule has 0 unspecified atom stereocenters. The van der Waals surface area contributed by atoms with Gasteiger partial charge in [0.25, 0.3) is 0 Å². The van der Waals surface area contributed by atoms with Gasteiger partial charge < -0.3 is 9.31 Å². The highest BCUT2D eigenvalue weighted by Gasteiger charge is 2.52. The Bertz CT molecular complexity index is 493. The zero-order valence-corrected chi connectivity index (χ0v) is 12.5. The lowest BCUT2D eigenvalue weighted by Gasteiger charge is -2.32. The van der Waals surface area contributed by atoms with Crippen molar-refractivity contribution in [3.8, 4) is 0 Å². The van der Waals surface area contributed by atoms with Crippen LogP contribution in [0, 0.1) is 6.92 Å². The lowest BCUT2D eigenvalue weighted by molar-refractivity contribution is 0.00578. The third-order valence-corrected chi connectivity index (χ3v) is 4.68. The molecular formula is C15H22BNO2. The standard InChI is InChI=1S/C15H22BNO2/c1-10-9-17-13(8-12(10)11-6-7-11)16-18-14(2,3)15(4,5)19-16/h8-9,11H,6-7H2,1-5H3. The molecule has 2 aliphatic rings. The Morgan fingerprint density at radius 3 is 2.26 bits per heavy atom. The summed E-state index contributed by atoms with van der Waals surface area (Å²) in [4.78, 5) is 4.51. The van der Waals surface area contributed by atoms with Gasteiger partial charge in [0.15, 0.2) is 0 Å². The van der Waals surface area contributed by atoms with E-state index in [9.17, 15) is 0 Å². The lowest BCUT2D eigenvalue weighted by Crippen LogP contribution is -2.41. The van der Waals surface area contributed by atoms with E-state index in [0.717, 1.165) is 11.5 Å². The topological polar surface area (TPSA) is 31.4 Å². The predicted molar refractivity (Wildman–Crippen MR) is 76.7 cm³/mol. The van der Waals surface area contributed by atoms with E-state index in [-0.39, 0.29) is 18.3 Å². The molecule has 0 aromatic carbocycles. The maximum Gasteiger partial charge on any atom is 0.514 e. The summed E-state index contributed by atoms with van der Waals surface area (Å²) in [6, 6.07) is 2.18. The Morgan fingerprint density at radius 1 is 1.16 bits per heavy atom. The summed E-state index contributed by atoms with van der Waals surface area (Å²) < 4.78 is 12.1. The Labute approximate surface area is 115 Å². The van der Waals surface area contributed by atoms with Crippen LogP contribution in [0.15, 0.2) is 12.3 Å². The third kappa shape index (κ3) is 2.21. The molecule has 0 spiro atoms. The molecule has 102 valence electrons. The smallest absolute Gasteiger partial charge is 0.398 e. The van der Waals surface area contributed by atoms with Gasteiger partial charge in [-0.2, -0.15) is 0 Å². The second-order valence-corrected chi connectivity index (χ2v) is 6.83. The van der Waals surface area contributed by atoms with Crippen molar-refractivity contribution < 1.29 is 9.31 Å². The van der Waals surface area contributed by atoms with Crippen molar-refractivity contribution in [3.63, 3.8) is 0 Å². The first kappa shape index (κ1) is 13.1. The second-order valence-electron chi connectivity index (χ2n) is 6.83. The monoisotopic (exact) mass is 259 g/mol. The highest BCUT2D eigenvalue weighted by atomic mass is 16.7. The van der Waals surface area contributed by atoms with Crippen LogP contribution in [0.4, 0.5) is 0 Å². The summed E-state index contributed by atoms with van der Waals surface area (Å²) in [6.07, 6.45) is 4.55. The van der Waals surface area contributed by atoms with E-state index in [2.05, 4.69) is 45.7 Å². The van der Waals surface area contributed by atoms with Crippen molar-refractivity contribution >= 4 is 12.7 Å². The highest BCUT2D eigenvalue weighted by molar-refractivity contribution is 6.61. The van der Waals surface area contributed by atoms with Crippen LogP contribution >= 0.6 is 0 Å². The minimum atomic E-state index is -0.344. The predicted octanol–water partition coefficient (Wildman–Crippen LogP) is 2.57. The van der Waals surface area contributed by atoms with Crippen molar-refractivity contribution in [1.82, 2.24) is 4.98 Å². The van der Waals surface area contributed by atoms with Crippen LogP contribution in [0.25, 0.3) is 0 Å². The summed E-state index contributed by atoms with van der Waals surface area (Å²) in [6.45, 7) is 10.4. The molecule has 1 aromatic heterocycles. The van der Waals surface area contributed by atoms with Gasteiger partial charge in [-0.05, 0) is 70.6 Å². The van der Waals surface area contributed by atoms with E-state index >= 15 is 0 Å². The van der Waals surface area contributed by atoms with Gasteiger partial charge in [0.1, 0.15) is 0 Å². The molecule has 19 heavy (non-hydrogen) atoms. The molecule has 1 aliphatic heterocycles. The third-order valence-electron chi connectivity index (χ3n) is 4.68. The Balaban J connectivity index is 1.90. The van der Waals surface area contributed by atoms with Crippen molar-refractivity contribution in [3.05, 3.63) is 23.4 Å². The van der Waals surface area contributed by atoms with E-state index < -0.39 is 0 Å². The number of hydrogen-bond acceptors (Lipinski definition) is 3. The van der Waals surface area contributed by atoms with Gasteiger partial charge >= 0.3 is 7.12 Å². The van der Waals surface area contributed by atoms with E-state index in [1.54, 1.807) is 0 Å². The van der Waals surface area contributed by atoms with Gasteiger partial charge in [0, 0.05) is 6.20 Å². The van der Waals surface area contributed by atoms with Crippen LogP contribution in [0.1, 0.15) is 57.6 Å². The maximum atomic E-state index is 6.06. The Morgan fingerprint density at radius 2 is 1.74 bits per heavy atom. The first-order chi connectivity index (χ1) is 8.80. The molecular weight excluding hydrogens is 237 g/mol. The minimum Gasteiger partial charge on any atom is -0.398 e. The largest absolute Gasteiger partial charge is 0.514 e. The average Bonchev–Trinajstić information content (AvgIpc) is 3.08. The van der Waals surface area contributed by atoms with Crippen LogP contribution in [0.2, 0.25) is 0 Å². The van der Waals surface area contributed by atoms with E-state index in [1.807, 2.05) is 6.20 Å². The SMILES string of the molecule is Cc1cnc(B2OC(C)(C)C(C)(C)O2)cc1C1CC1. The molecule has 3 nitrogen and oxygen atoms in total. The first-order valence-electron chi connectivity index (χ1n) is 7.12.